The highest BCUT2D eigenvalue weighted by atomic mass is 19.2. The summed E-state index contributed by atoms with van der Waals surface area (Å²) in [5.41, 5.74) is 3.87. The Balaban J connectivity index is 2.48. The SMILES string of the molecule is Nc1ccc(Nc2c(F)c(F)cc(F)c2F)cc1C(=O)O. The number of hydrogen-bond acceptors (Lipinski definition) is 3. The van der Waals surface area contributed by atoms with Crippen LogP contribution in [0.4, 0.5) is 34.6 Å². The summed E-state index contributed by atoms with van der Waals surface area (Å²) in [5, 5.41) is 11.0. The number of carbonyl (C=O) groups is 1. The molecule has 4 N–H and O–H groups in total. The number of nitrogens with one attached hydrogen (secondary N) is 1. The van der Waals surface area contributed by atoms with Crippen molar-refractivity contribution in [2.24, 2.45) is 0 Å². The van der Waals surface area contributed by atoms with Crippen molar-refractivity contribution in [1.82, 2.24) is 0 Å². The Labute approximate surface area is 115 Å². The van der Waals surface area contributed by atoms with Gasteiger partial charge in [-0.05, 0) is 18.2 Å². The van der Waals surface area contributed by atoms with E-state index < -0.39 is 34.9 Å². The minimum Gasteiger partial charge on any atom is -0.478 e. The van der Waals surface area contributed by atoms with Crippen LogP contribution >= 0.6 is 0 Å². The predicted octanol–water partition coefficient (Wildman–Crippen LogP) is 3.27. The first kappa shape index (κ1) is 14.6. The number of anilines is 3. The lowest BCUT2D eigenvalue weighted by Crippen LogP contribution is -2.06. The van der Waals surface area contributed by atoms with E-state index in [1.807, 2.05) is 0 Å². The van der Waals surface area contributed by atoms with Crippen LogP contribution in [0.1, 0.15) is 10.4 Å². The minimum atomic E-state index is -1.62. The van der Waals surface area contributed by atoms with Crippen LogP contribution in [0.25, 0.3) is 0 Å². The Morgan fingerprint density at radius 2 is 1.62 bits per heavy atom. The monoisotopic (exact) mass is 300 g/mol. The van der Waals surface area contributed by atoms with Crippen LogP contribution < -0.4 is 11.1 Å². The average molecular weight is 300 g/mol. The summed E-state index contributed by atoms with van der Waals surface area (Å²) in [7, 11) is 0. The van der Waals surface area contributed by atoms with Crippen LogP contribution in [-0.4, -0.2) is 11.1 Å². The molecule has 8 heteroatoms. The second-order valence-electron chi connectivity index (χ2n) is 4.08. The Bertz CT molecular complexity index is 708. The highest BCUT2D eigenvalue weighted by Crippen LogP contribution is 2.28. The number of halogens is 4. The number of nitrogen functional groups attached to an aromatic ring is 1. The first-order chi connectivity index (χ1) is 9.81. The zero-order valence-electron chi connectivity index (χ0n) is 10.3. The molecule has 110 valence electrons. The first-order valence-corrected chi connectivity index (χ1v) is 5.54. The third-order valence-electron chi connectivity index (χ3n) is 2.66. The fourth-order valence-corrected chi connectivity index (χ4v) is 1.65. The van der Waals surface area contributed by atoms with Gasteiger partial charge in [0.05, 0.1) is 5.56 Å². The molecule has 0 saturated carbocycles. The minimum absolute atomic E-state index is 0.0700. The Morgan fingerprint density at radius 1 is 1.05 bits per heavy atom. The van der Waals surface area contributed by atoms with Gasteiger partial charge >= 0.3 is 5.97 Å². The van der Waals surface area contributed by atoms with Crippen LogP contribution in [0.15, 0.2) is 24.3 Å². The van der Waals surface area contributed by atoms with Crippen LogP contribution in [0.3, 0.4) is 0 Å². The zero-order valence-corrected chi connectivity index (χ0v) is 10.3. The van der Waals surface area contributed by atoms with Crippen molar-refractivity contribution in [3.63, 3.8) is 0 Å². The van der Waals surface area contributed by atoms with Gasteiger partial charge in [-0.3, -0.25) is 0 Å². The van der Waals surface area contributed by atoms with E-state index in [9.17, 15) is 22.4 Å². The zero-order chi connectivity index (χ0) is 15.7. The number of nitrogens with two attached hydrogens (primary N) is 1. The lowest BCUT2D eigenvalue weighted by atomic mass is 10.1. The third kappa shape index (κ3) is 2.73. The molecule has 0 saturated heterocycles. The first-order valence-electron chi connectivity index (χ1n) is 5.54. The standard InChI is InChI=1S/C13H8F4N2O2/c14-7-4-8(15)11(17)12(10(7)16)19-5-1-2-9(18)6(3-5)13(20)21/h1-4,19H,18H2,(H,20,21). The van der Waals surface area contributed by atoms with E-state index >= 15 is 0 Å². The van der Waals surface area contributed by atoms with Gasteiger partial charge in [-0.25, -0.2) is 22.4 Å². The molecule has 0 bridgehead atoms. The summed E-state index contributed by atoms with van der Waals surface area (Å²) in [6, 6.07) is 3.45. The van der Waals surface area contributed by atoms with Crippen LogP contribution in [-0.2, 0) is 0 Å². The molecular weight excluding hydrogens is 292 g/mol. The molecule has 2 aromatic carbocycles. The molecule has 0 atom stereocenters. The van der Waals surface area contributed by atoms with Crippen molar-refractivity contribution in [2.45, 2.75) is 0 Å². The van der Waals surface area contributed by atoms with Crippen LogP contribution in [0.5, 0.6) is 0 Å². The molecule has 0 radical (unpaired) electrons. The molecule has 0 aliphatic heterocycles. The topological polar surface area (TPSA) is 75.3 Å². The Kier molecular flexibility index (Phi) is 3.70. The number of aromatic carboxylic acids is 1. The van der Waals surface area contributed by atoms with Gasteiger partial charge in [0.1, 0.15) is 5.69 Å². The maximum absolute atomic E-state index is 13.5. The van der Waals surface area contributed by atoms with E-state index in [1.54, 1.807) is 0 Å². The number of hydrogen-bond donors (Lipinski definition) is 3. The quantitative estimate of drug-likeness (QED) is 0.462. The largest absolute Gasteiger partial charge is 0.478 e. The third-order valence-corrected chi connectivity index (χ3v) is 2.66. The fourth-order valence-electron chi connectivity index (χ4n) is 1.65. The summed E-state index contributed by atoms with van der Waals surface area (Å²) in [5.74, 6) is -7.76. The number of carboxylic acids is 1. The van der Waals surface area contributed by atoms with E-state index in [2.05, 4.69) is 5.32 Å². The molecular formula is C13H8F4N2O2. The number of carboxylic acid groups (broad SMARTS) is 1. The summed E-state index contributed by atoms with van der Waals surface area (Å²) < 4.78 is 53.1. The normalized spacial score (nSPS) is 10.5. The van der Waals surface area contributed by atoms with E-state index in [0.29, 0.717) is 0 Å². The molecule has 0 fully saturated rings. The van der Waals surface area contributed by atoms with Crippen molar-refractivity contribution in [2.75, 3.05) is 11.1 Å². The van der Waals surface area contributed by atoms with Crippen molar-refractivity contribution in [1.29, 1.82) is 0 Å². The van der Waals surface area contributed by atoms with Crippen LogP contribution in [0, 0.1) is 23.3 Å². The highest BCUT2D eigenvalue weighted by molar-refractivity contribution is 5.95. The van der Waals surface area contributed by atoms with Crippen molar-refractivity contribution < 1.29 is 27.5 Å². The summed E-state index contributed by atoms with van der Waals surface area (Å²) in [6.45, 7) is 0. The number of rotatable bonds is 3. The van der Waals surface area contributed by atoms with E-state index in [4.69, 9.17) is 10.8 Å². The highest BCUT2D eigenvalue weighted by Gasteiger charge is 2.19. The Morgan fingerprint density at radius 3 is 2.14 bits per heavy atom. The molecule has 2 aromatic rings. The summed E-state index contributed by atoms with van der Waals surface area (Å²) in [4.78, 5) is 10.9. The molecule has 0 aliphatic rings. The van der Waals surface area contributed by atoms with Gasteiger partial charge < -0.3 is 16.2 Å². The van der Waals surface area contributed by atoms with E-state index in [0.717, 1.165) is 6.07 Å². The van der Waals surface area contributed by atoms with Gasteiger partial charge in [0, 0.05) is 17.4 Å². The molecule has 0 amide bonds. The smallest absolute Gasteiger partial charge is 0.337 e. The van der Waals surface area contributed by atoms with Gasteiger partial charge in [0.2, 0.25) is 0 Å². The molecule has 0 unspecified atom stereocenters. The lowest BCUT2D eigenvalue weighted by molar-refractivity contribution is 0.0698. The molecule has 0 aromatic heterocycles. The molecule has 0 aliphatic carbocycles. The number of benzene rings is 2. The second kappa shape index (κ2) is 5.31. The molecule has 4 nitrogen and oxygen atoms in total. The summed E-state index contributed by atoms with van der Waals surface area (Å²) in [6.07, 6.45) is 0. The Hall–Kier alpha value is -2.77. The van der Waals surface area contributed by atoms with Crippen LogP contribution in [0.2, 0.25) is 0 Å². The lowest BCUT2D eigenvalue weighted by Gasteiger charge is -2.11. The van der Waals surface area contributed by atoms with Crippen molar-refractivity contribution >= 4 is 23.0 Å². The second-order valence-corrected chi connectivity index (χ2v) is 4.08. The van der Waals surface area contributed by atoms with Crippen molar-refractivity contribution in [3.05, 3.63) is 53.1 Å². The maximum atomic E-state index is 13.5. The molecule has 0 spiro atoms. The van der Waals surface area contributed by atoms with Gasteiger partial charge in [-0.15, -0.1) is 0 Å². The average Bonchev–Trinajstić information content (AvgIpc) is 2.43. The van der Waals surface area contributed by atoms with E-state index in [-0.39, 0.29) is 23.0 Å². The van der Waals surface area contributed by atoms with Gasteiger partial charge in [0.15, 0.2) is 23.3 Å². The molecule has 2 rings (SSSR count). The summed E-state index contributed by atoms with van der Waals surface area (Å²) >= 11 is 0. The van der Waals surface area contributed by atoms with Crippen molar-refractivity contribution in [3.8, 4) is 0 Å². The van der Waals surface area contributed by atoms with E-state index in [1.165, 1.54) is 12.1 Å². The molecule has 0 heterocycles. The maximum Gasteiger partial charge on any atom is 0.337 e. The van der Waals surface area contributed by atoms with Gasteiger partial charge in [0.25, 0.3) is 0 Å². The molecule has 21 heavy (non-hydrogen) atoms. The fraction of sp³-hybridized carbons (Fsp3) is 0. The van der Waals surface area contributed by atoms with Gasteiger partial charge in [-0.2, -0.15) is 0 Å². The predicted molar refractivity (Wildman–Crippen MR) is 67.4 cm³/mol. The van der Waals surface area contributed by atoms with Gasteiger partial charge in [-0.1, -0.05) is 0 Å².